The van der Waals surface area contributed by atoms with Crippen LogP contribution in [0.1, 0.15) is 19.3 Å². The van der Waals surface area contributed by atoms with E-state index in [0.717, 1.165) is 45.4 Å². The Morgan fingerprint density at radius 2 is 1.57 bits per heavy atom. The van der Waals surface area contributed by atoms with Crippen molar-refractivity contribution in [2.75, 3.05) is 32.7 Å². The molecule has 0 saturated carbocycles. The SMILES string of the molecule is NCCCNCCC(N)NCCCN. The van der Waals surface area contributed by atoms with Gasteiger partial charge in [0.05, 0.1) is 6.17 Å². The molecular weight excluding hydrogens is 178 g/mol. The molecule has 0 aromatic carbocycles. The zero-order valence-corrected chi connectivity index (χ0v) is 8.97. The predicted molar refractivity (Wildman–Crippen MR) is 60.8 cm³/mol. The standard InChI is InChI=1S/C9H25N5/c10-4-1-6-13-8-3-9(12)14-7-2-5-11/h9,13-14H,1-8,10-12H2. The van der Waals surface area contributed by atoms with E-state index in [1.54, 1.807) is 0 Å². The summed E-state index contributed by atoms with van der Waals surface area (Å²) >= 11 is 0. The molecule has 86 valence electrons. The molecule has 0 aliphatic rings. The van der Waals surface area contributed by atoms with Gasteiger partial charge < -0.3 is 27.8 Å². The molecule has 5 nitrogen and oxygen atoms in total. The summed E-state index contributed by atoms with van der Waals surface area (Å²) in [5, 5.41) is 6.49. The predicted octanol–water partition coefficient (Wildman–Crippen LogP) is -1.46. The highest BCUT2D eigenvalue weighted by atomic mass is 15.0. The highest BCUT2D eigenvalue weighted by Crippen LogP contribution is 1.82. The summed E-state index contributed by atoms with van der Waals surface area (Å²) in [6.45, 7) is 4.28. The van der Waals surface area contributed by atoms with Gasteiger partial charge in [-0.2, -0.15) is 0 Å². The molecule has 1 unspecified atom stereocenters. The largest absolute Gasteiger partial charge is 0.330 e. The topological polar surface area (TPSA) is 102 Å². The number of nitrogens with one attached hydrogen (secondary N) is 2. The molecular formula is C9H25N5. The molecule has 0 bridgehead atoms. The maximum absolute atomic E-state index is 5.81. The van der Waals surface area contributed by atoms with Crippen molar-refractivity contribution in [2.24, 2.45) is 17.2 Å². The molecule has 0 radical (unpaired) electrons. The Morgan fingerprint density at radius 1 is 0.929 bits per heavy atom. The summed E-state index contributed by atoms with van der Waals surface area (Å²) < 4.78 is 0. The normalized spacial score (nSPS) is 13.1. The van der Waals surface area contributed by atoms with Crippen molar-refractivity contribution in [1.82, 2.24) is 10.6 Å². The van der Waals surface area contributed by atoms with E-state index in [1.165, 1.54) is 0 Å². The van der Waals surface area contributed by atoms with Gasteiger partial charge in [-0.25, -0.2) is 0 Å². The fraction of sp³-hybridized carbons (Fsp3) is 1.00. The first-order valence-electron chi connectivity index (χ1n) is 5.41. The Balaban J connectivity index is 3.06. The second-order valence-corrected chi connectivity index (χ2v) is 3.38. The quantitative estimate of drug-likeness (QED) is 0.221. The molecule has 0 aliphatic heterocycles. The van der Waals surface area contributed by atoms with Crippen LogP contribution < -0.4 is 27.8 Å². The van der Waals surface area contributed by atoms with E-state index in [-0.39, 0.29) is 6.17 Å². The second-order valence-electron chi connectivity index (χ2n) is 3.38. The van der Waals surface area contributed by atoms with Crippen molar-refractivity contribution >= 4 is 0 Å². The molecule has 0 rings (SSSR count). The second kappa shape index (κ2) is 10.9. The third-order valence-corrected chi connectivity index (χ3v) is 1.98. The van der Waals surface area contributed by atoms with Gasteiger partial charge in [0.25, 0.3) is 0 Å². The Kier molecular flexibility index (Phi) is 10.7. The highest BCUT2D eigenvalue weighted by Gasteiger charge is 1.99. The van der Waals surface area contributed by atoms with Gasteiger partial charge in [0.2, 0.25) is 0 Å². The molecule has 0 aliphatic carbocycles. The fourth-order valence-electron chi connectivity index (χ4n) is 1.10. The number of hydrogen-bond acceptors (Lipinski definition) is 5. The minimum atomic E-state index is 0.0759. The molecule has 0 spiro atoms. The van der Waals surface area contributed by atoms with Crippen LogP contribution in [0, 0.1) is 0 Å². The molecule has 0 aromatic heterocycles. The number of hydrogen-bond donors (Lipinski definition) is 5. The first-order valence-corrected chi connectivity index (χ1v) is 5.41. The summed E-state index contributed by atoms with van der Waals surface area (Å²) in [5.41, 5.74) is 16.5. The van der Waals surface area contributed by atoms with Gasteiger partial charge in [-0.05, 0) is 52.0 Å². The Labute approximate surface area is 86.8 Å². The van der Waals surface area contributed by atoms with Crippen LogP contribution in [0.3, 0.4) is 0 Å². The van der Waals surface area contributed by atoms with Crippen LogP contribution in [-0.2, 0) is 0 Å². The zero-order chi connectivity index (χ0) is 10.6. The van der Waals surface area contributed by atoms with Crippen LogP contribution in [0.4, 0.5) is 0 Å². The number of nitrogens with two attached hydrogens (primary N) is 3. The van der Waals surface area contributed by atoms with Gasteiger partial charge in [-0.15, -0.1) is 0 Å². The van der Waals surface area contributed by atoms with Gasteiger partial charge in [0.1, 0.15) is 0 Å². The lowest BCUT2D eigenvalue weighted by Crippen LogP contribution is -2.40. The Bertz CT molecular complexity index is 109. The van der Waals surface area contributed by atoms with E-state index in [9.17, 15) is 0 Å². The summed E-state index contributed by atoms with van der Waals surface area (Å²) in [4.78, 5) is 0. The summed E-state index contributed by atoms with van der Waals surface area (Å²) in [6.07, 6.45) is 3.02. The third-order valence-electron chi connectivity index (χ3n) is 1.98. The van der Waals surface area contributed by atoms with E-state index in [1.807, 2.05) is 0 Å². The van der Waals surface area contributed by atoms with Crippen molar-refractivity contribution in [2.45, 2.75) is 25.4 Å². The Morgan fingerprint density at radius 3 is 2.21 bits per heavy atom. The Hall–Kier alpha value is -0.200. The average molecular weight is 203 g/mol. The molecule has 8 N–H and O–H groups in total. The smallest absolute Gasteiger partial charge is 0.0558 e. The van der Waals surface area contributed by atoms with Crippen LogP contribution in [0.5, 0.6) is 0 Å². The molecule has 0 amide bonds. The van der Waals surface area contributed by atoms with E-state index in [2.05, 4.69) is 10.6 Å². The summed E-state index contributed by atoms with van der Waals surface area (Å²) in [6, 6.07) is 0. The van der Waals surface area contributed by atoms with Crippen molar-refractivity contribution in [3.63, 3.8) is 0 Å². The van der Waals surface area contributed by atoms with Crippen LogP contribution in [0.2, 0.25) is 0 Å². The minimum Gasteiger partial charge on any atom is -0.330 e. The monoisotopic (exact) mass is 203 g/mol. The highest BCUT2D eigenvalue weighted by molar-refractivity contribution is 4.61. The first-order chi connectivity index (χ1) is 6.81. The fourth-order valence-corrected chi connectivity index (χ4v) is 1.10. The molecule has 5 heteroatoms. The lowest BCUT2D eigenvalue weighted by molar-refractivity contribution is 0.471. The summed E-state index contributed by atoms with van der Waals surface area (Å²) in [5.74, 6) is 0. The van der Waals surface area contributed by atoms with E-state index >= 15 is 0 Å². The maximum atomic E-state index is 5.81. The van der Waals surface area contributed by atoms with Gasteiger partial charge in [-0.3, -0.25) is 0 Å². The lowest BCUT2D eigenvalue weighted by Gasteiger charge is -2.13. The molecule has 0 heterocycles. The molecule has 0 aromatic rings. The maximum Gasteiger partial charge on any atom is 0.0558 e. The van der Waals surface area contributed by atoms with Crippen LogP contribution in [0.15, 0.2) is 0 Å². The molecule has 0 saturated heterocycles. The van der Waals surface area contributed by atoms with Gasteiger partial charge in [0, 0.05) is 0 Å². The molecule has 0 fully saturated rings. The zero-order valence-electron chi connectivity index (χ0n) is 8.97. The molecule has 14 heavy (non-hydrogen) atoms. The van der Waals surface area contributed by atoms with Crippen molar-refractivity contribution in [3.05, 3.63) is 0 Å². The molecule has 1 atom stereocenters. The minimum absolute atomic E-state index is 0.0759. The van der Waals surface area contributed by atoms with E-state index in [0.29, 0.717) is 6.54 Å². The van der Waals surface area contributed by atoms with Gasteiger partial charge in [0.15, 0.2) is 0 Å². The lowest BCUT2D eigenvalue weighted by atomic mass is 10.3. The van der Waals surface area contributed by atoms with Crippen molar-refractivity contribution in [1.29, 1.82) is 0 Å². The van der Waals surface area contributed by atoms with Crippen molar-refractivity contribution in [3.8, 4) is 0 Å². The average Bonchev–Trinajstić information content (AvgIpc) is 2.18. The van der Waals surface area contributed by atoms with Gasteiger partial charge in [-0.1, -0.05) is 0 Å². The number of rotatable bonds is 10. The van der Waals surface area contributed by atoms with Crippen LogP contribution >= 0.6 is 0 Å². The van der Waals surface area contributed by atoms with Crippen LogP contribution in [-0.4, -0.2) is 38.9 Å². The third kappa shape index (κ3) is 9.88. The van der Waals surface area contributed by atoms with E-state index < -0.39 is 0 Å². The summed E-state index contributed by atoms with van der Waals surface area (Å²) in [7, 11) is 0. The van der Waals surface area contributed by atoms with Crippen molar-refractivity contribution < 1.29 is 0 Å². The van der Waals surface area contributed by atoms with E-state index in [4.69, 9.17) is 17.2 Å². The first kappa shape index (κ1) is 13.8. The van der Waals surface area contributed by atoms with Crippen LogP contribution in [0.25, 0.3) is 0 Å². The van der Waals surface area contributed by atoms with Gasteiger partial charge >= 0.3 is 0 Å².